The van der Waals surface area contributed by atoms with Gasteiger partial charge >= 0.3 is 6.03 Å². The summed E-state index contributed by atoms with van der Waals surface area (Å²) < 4.78 is 2.34. The number of rotatable bonds is 2. The number of hydrogen-bond donors (Lipinski definition) is 1. The number of urea groups is 1. The molecule has 1 spiro atoms. The fourth-order valence-corrected chi connectivity index (χ4v) is 5.67. The molecule has 1 N–H and O–H groups in total. The van der Waals surface area contributed by atoms with Crippen LogP contribution in [0, 0.1) is 13.8 Å². The molecule has 0 atom stereocenters. The molecule has 1 fully saturated rings. The molecule has 3 heterocycles. The summed E-state index contributed by atoms with van der Waals surface area (Å²) in [4.78, 5) is 17.5. The van der Waals surface area contributed by atoms with E-state index in [1.807, 2.05) is 30.0 Å². The van der Waals surface area contributed by atoms with E-state index in [0.29, 0.717) is 23.8 Å². The molecule has 3 aromatic rings. The van der Waals surface area contributed by atoms with Gasteiger partial charge in [-0.25, -0.2) is 4.79 Å². The van der Waals surface area contributed by atoms with Crippen LogP contribution in [0.1, 0.15) is 36.6 Å². The minimum absolute atomic E-state index is 0.0870. The number of halogens is 1. The van der Waals surface area contributed by atoms with E-state index in [1.54, 1.807) is 0 Å². The largest absolute Gasteiger partial charge is 0.359 e. The Bertz CT molecular complexity index is 1180. The van der Waals surface area contributed by atoms with Crippen molar-refractivity contribution in [2.45, 2.75) is 39.2 Å². The van der Waals surface area contributed by atoms with Gasteiger partial charge in [0.1, 0.15) is 0 Å². The molecule has 1 aromatic heterocycles. The van der Waals surface area contributed by atoms with Gasteiger partial charge in [0, 0.05) is 31.5 Å². The number of aryl methyl sites for hydroxylation is 2. The van der Waals surface area contributed by atoms with Gasteiger partial charge in [0.25, 0.3) is 0 Å². The Morgan fingerprint density at radius 1 is 1.03 bits per heavy atom. The molecule has 6 heteroatoms. The molecule has 5 nitrogen and oxygen atoms in total. The first-order valence-corrected chi connectivity index (χ1v) is 11.7. The summed E-state index contributed by atoms with van der Waals surface area (Å²) in [5.41, 5.74) is 6.71. The Morgan fingerprint density at radius 3 is 2.47 bits per heavy atom. The van der Waals surface area contributed by atoms with E-state index in [2.05, 4.69) is 65.2 Å². The van der Waals surface area contributed by atoms with Crippen molar-refractivity contribution < 1.29 is 4.79 Å². The van der Waals surface area contributed by atoms with Crippen LogP contribution in [0.5, 0.6) is 0 Å². The summed E-state index contributed by atoms with van der Waals surface area (Å²) in [6, 6.07) is 16.7. The fourth-order valence-electron chi connectivity index (χ4n) is 5.39. The summed E-state index contributed by atoms with van der Waals surface area (Å²) in [6.07, 6.45) is 3.93. The first kappa shape index (κ1) is 21.0. The summed E-state index contributed by atoms with van der Waals surface area (Å²) in [6.45, 7) is 8.67. The van der Waals surface area contributed by atoms with E-state index in [-0.39, 0.29) is 11.6 Å². The van der Waals surface area contributed by atoms with Crippen LogP contribution in [-0.2, 0) is 5.54 Å². The van der Waals surface area contributed by atoms with E-state index >= 15 is 0 Å². The average molecular weight is 449 g/mol. The summed E-state index contributed by atoms with van der Waals surface area (Å²) in [7, 11) is 0. The zero-order chi connectivity index (χ0) is 22.5. The van der Waals surface area contributed by atoms with Gasteiger partial charge in [0.05, 0.1) is 27.6 Å². The van der Waals surface area contributed by atoms with Gasteiger partial charge in [-0.1, -0.05) is 23.7 Å². The molecule has 0 bridgehead atoms. The molecule has 1 saturated heterocycles. The van der Waals surface area contributed by atoms with Crippen LogP contribution in [-0.4, -0.2) is 35.1 Å². The lowest BCUT2D eigenvalue weighted by Gasteiger charge is -2.53. The average Bonchev–Trinajstić information content (AvgIpc) is 3.27. The standard InChI is InChI=1S/C26H29ClN4O/c1-4-31-23-17-19(3)8-10-22(23)30-13-5-6-24(30)26(31)11-14-29(15-12-26)25(32)28-21-9-7-18(2)16-20(21)27/h5-10,13,16-17H,4,11-12,14-15H2,1-3H3,(H,28,32). The zero-order valence-corrected chi connectivity index (χ0v) is 19.6. The van der Waals surface area contributed by atoms with E-state index in [4.69, 9.17) is 11.6 Å². The first-order valence-electron chi connectivity index (χ1n) is 11.3. The van der Waals surface area contributed by atoms with Gasteiger partial charge in [-0.05, 0) is 81.1 Å². The summed E-state index contributed by atoms with van der Waals surface area (Å²) in [5.74, 6) is 0. The molecule has 0 saturated carbocycles. The van der Waals surface area contributed by atoms with E-state index in [0.717, 1.165) is 24.9 Å². The van der Waals surface area contributed by atoms with Crippen LogP contribution in [0.2, 0.25) is 5.02 Å². The lowest BCUT2D eigenvalue weighted by Crippen LogP contribution is -2.57. The Hall–Kier alpha value is -2.92. The van der Waals surface area contributed by atoms with Crippen LogP contribution >= 0.6 is 11.6 Å². The van der Waals surface area contributed by atoms with Crippen molar-refractivity contribution in [2.24, 2.45) is 0 Å². The second-order valence-electron chi connectivity index (χ2n) is 8.93. The number of aromatic nitrogens is 1. The normalized spacial score (nSPS) is 16.6. The van der Waals surface area contributed by atoms with Gasteiger partial charge in [-0.15, -0.1) is 0 Å². The number of carbonyl (C=O) groups excluding carboxylic acids is 1. The molecule has 2 amide bonds. The highest BCUT2D eigenvalue weighted by molar-refractivity contribution is 6.33. The second kappa shape index (κ2) is 7.89. The van der Waals surface area contributed by atoms with Crippen molar-refractivity contribution in [3.05, 3.63) is 76.6 Å². The maximum Gasteiger partial charge on any atom is 0.321 e. The molecule has 166 valence electrons. The van der Waals surface area contributed by atoms with Crippen LogP contribution in [0.25, 0.3) is 5.69 Å². The molecule has 0 aliphatic carbocycles. The van der Waals surface area contributed by atoms with Gasteiger partial charge in [0.15, 0.2) is 0 Å². The van der Waals surface area contributed by atoms with Crippen molar-refractivity contribution in [1.29, 1.82) is 0 Å². The predicted molar refractivity (Wildman–Crippen MR) is 131 cm³/mol. The van der Waals surface area contributed by atoms with E-state index in [1.165, 1.54) is 22.6 Å². The maximum absolute atomic E-state index is 13.0. The number of piperidine rings is 1. The third-order valence-corrected chi connectivity index (χ3v) is 7.30. The smallest absolute Gasteiger partial charge is 0.321 e. The van der Waals surface area contributed by atoms with Crippen LogP contribution in [0.15, 0.2) is 54.7 Å². The van der Waals surface area contributed by atoms with Crippen LogP contribution in [0.4, 0.5) is 16.2 Å². The molecule has 2 aromatic carbocycles. The summed E-state index contributed by atoms with van der Waals surface area (Å²) in [5, 5.41) is 3.57. The third kappa shape index (κ3) is 3.27. The van der Waals surface area contributed by atoms with Crippen LogP contribution < -0.4 is 10.2 Å². The zero-order valence-electron chi connectivity index (χ0n) is 18.9. The monoisotopic (exact) mass is 448 g/mol. The van der Waals surface area contributed by atoms with Gasteiger partial charge in [-0.2, -0.15) is 0 Å². The highest BCUT2D eigenvalue weighted by atomic mass is 35.5. The quantitative estimate of drug-likeness (QED) is 0.513. The minimum atomic E-state index is -0.114. The van der Waals surface area contributed by atoms with E-state index in [9.17, 15) is 4.79 Å². The Balaban J connectivity index is 1.41. The van der Waals surface area contributed by atoms with Gasteiger partial charge in [0.2, 0.25) is 0 Å². The summed E-state index contributed by atoms with van der Waals surface area (Å²) >= 11 is 6.33. The van der Waals surface area contributed by atoms with E-state index < -0.39 is 0 Å². The number of nitrogens with one attached hydrogen (secondary N) is 1. The highest BCUT2D eigenvalue weighted by Gasteiger charge is 2.46. The first-order chi connectivity index (χ1) is 15.4. The number of hydrogen-bond acceptors (Lipinski definition) is 2. The third-order valence-electron chi connectivity index (χ3n) is 6.98. The molecule has 5 rings (SSSR count). The number of benzene rings is 2. The Morgan fingerprint density at radius 2 is 1.75 bits per heavy atom. The number of anilines is 2. The van der Waals surface area contributed by atoms with Crippen molar-refractivity contribution in [1.82, 2.24) is 9.47 Å². The Labute approximate surface area is 194 Å². The minimum Gasteiger partial charge on any atom is -0.359 e. The van der Waals surface area contributed by atoms with Gasteiger partial charge < -0.3 is 19.7 Å². The number of carbonyl (C=O) groups is 1. The number of amides is 2. The topological polar surface area (TPSA) is 40.5 Å². The Kier molecular flexibility index (Phi) is 5.17. The lowest BCUT2D eigenvalue weighted by molar-refractivity contribution is 0.161. The second-order valence-corrected chi connectivity index (χ2v) is 9.34. The maximum atomic E-state index is 13.0. The molecule has 32 heavy (non-hydrogen) atoms. The molecular weight excluding hydrogens is 420 g/mol. The molecule has 0 unspecified atom stereocenters. The number of likely N-dealkylation sites (tertiary alicyclic amines) is 1. The fraction of sp³-hybridized carbons (Fsp3) is 0.346. The van der Waals surface area contributed by atoms with Crippen molar-refractivity contribution in [2.75, 3.05) is 29.9 Å². The number of nitrogens with zero attached hydrogens (tertiary/aromatic N) is 3. The molecule has 0 radical (unpaired) electrons. The molecule has 2 aliphatic heterocycles. The predicted octanol–water partition coefficient (Wildman–Crippen LogP) is 6.11. The molecular formula is C26H29ClN4O. The lowest BCUT2D eigenvalue weighted by atomic mass is 9.80. The SMILES string of the molecule is CCN1c2cc(C)ccc2-n2cccc2C12CCN(C(=O)Nc1ccc(C)cc1Cl)CC2. The van der Waals surface area contributed by atoms with Crippen molar-refractivity contribution >= 4 is 29.0 Å². The number of fused-ring (bicyclic) bond motifs is 4. The van der Waals surface area contributed by atoms with Crippen LogP contribution in [0.3, 0.4) is 0 Å². The van der Waals surface area contributed by atoms with Gasteiger partial charge in [-0.3, -0.25) is 0 Å². The highest BCUT2D eigenvalue weighted by Crippen LogP contribution is 2.48. The van der Waals surface area contributed by atoms with Crippen molar-refractivity contribution in [3.63, 3.8) is 0 Å². The van der Waals surface area contributed by atoms with Crippen molar-refractivity contribution in [3.8, 4) is 5.69 Å². The molecule has 2 aliphatic rings.